The third-order valence-corrected chi connectivity index (χ3v) is 5.12. The van der Waals surface area contributed by atoms with E-state index in [2.05, 4.69) is 48.6 Å². The molecule has 1 heterocycles. The molecule has 1 N–H and O–H groups in total. The third kappa shape index (κ3) is 2.42. The van der Waals surface area contributed by atoms with Gasteiger partial charge in [0, 0.05) is 5.69 Å². The van der Waals surface area contributed by atoms with Gasteiger partial charge in [-0.15, -0.1) is 0 Å². The zero-order valence-electron chi connectivity index (χ0n) is 12.1. The first-order valence-corrected chi connectivity index (χ1v) is 8.36. The van der Waals surface area contributed by atoms with Crippen LogP contribution in [0.5, 0.6) is 0 Å². The fourth-order valence-corrected chi connectivity index (χ4v) is 4.08. The number of hydrogen-bond acceptors (Lipinski definition) is 3. The Balaban J connectivity index is 1.71. The minimum Gasteiger partial charge on any atom is -0.331 e. The van der Waals surface area contributed by atoms with Crippen LogP contribution in [0.2, 0.25) is 0 Å². The number of anilines is 2. The Hall–Kier alpha value is -1.87. The number of aryl methyl sites for hydroxylation is 2. The summed E-state index contributed by atoms with van der Waals surface area (Å²) in [7, 11) is 0. The molecule has 0 fully saturated rings. The van der Waals surface area contributed by atoms with Crippen molar-refractivity contribution in [3.05, 3.63) is 53.1 Å². The summed E-state index contributed by atoms with van der Waals surface area (Å²) in [5.41, 5.74) is 6.60. The maximum atomic E-state index is 4.71. The lowest BCUT2D eigenvalue weighted by atomic mass is 9.90. The lowest BCUT2D eigenvalue weighted by Crippen LogP contribution is -2.05. The molecule has 0 radical (unpaired) electrons. The van der Waals surface area contributed by atoms with E-state index in [-0.39, 0.29) is 0 Å². The average molecular weight is 294 g/mol. The number of nitrogens with zero attached hydrogens (tertiary/aromatic N) is 1. The molecule has 2 aromatic carbocycles. The zero-order valence-corrected chi connectivity index (χ0v) is 13.0. The zero-order chi connectivity index (χ0) is 14.2. The van der Waals surface area contributed by atoms with Crippen molar-refractivity contribution in [3.63, 3.8) is 0 Å². The number of fused-ring (bicyclic) bond motifs is 2. The number of thiazole rings is 1. The maximum absolute atomic E-state index is 4.71. The van der Waals surface area contributed by atoms with Crippen molar-refractivity contribution in [2.75, 3.05) is 5.32 Å². The van der Waals surface area contributed by atoms with Gasteiger partial charge in [-0.2, -0.15) is 0 Å². The molecule has 0 spiro atoms. The van der Waals surface area contributed by atoms with Crippen molar-refractivity contribution >= 4 is 32.4 Å². The second-order valence-electron chi connectivity index (χ2n) is 5.77. The first-order valence-electron chi connectivity index (χ1n) is 7.54. The molecule has 1 aliphatic rings. The molecule has 0 aliphatic heterocycles. The predicted octanol–water partition coefficient (Wildman–Crippen LogP) is 5.23. The summed E-state index contributed by atoms with van der Waals surface area (Å²) >= 11 is 1.73. The Morgan fingerprint density at radius 2 is 2.00 bits per heavy atom. The molecule has 3 aromatic rings. The molecule has 21 heavy (non-hydrogen) atoms. The van der Waals surface area contributed by atoms with Crippen molar-refractivity contribution in [2.45, 2.75) is 32.6 Å². The van der Waals surface area contributed by atoms with Crippen molar-refractivity contribution in [2.24, 2.45) is 0 Å². The van der Waals surface area contributed by atoms with Crippen molar-refractivity contribution < 1.29 is 0 Å². The van der Waals surface area contributed by atoms with Gasteiger partial charge in [-0.05, 0) is 67.5 Å². The van der Waals surface area contributed by atoms with Crippen LogP contribution in [0.1, 0.15) is 29.5 Å². The van der Waals surface area contributed by atoms with Crippen LogP contribution in [-0.2, 0) is 12.8 Å². The summed E-state index contributed by atoms with van der Waals surface area (Å²) in [6, 6.07) is 13.0. The highest BCUT2D eigenvalue weighted by atomic mass is 32.1. The van der Waals surface area contributed by atoms with Crippen LogP contribution in [0, 0.1) is 6.92 Å². The van der Waals surface area contributed by atoms with E-state index in [9.17, 15) is 0 Å². The third-order valence-electron chi connectivity index (χ3n) is 4.18. The van der Waals surface area contributed by atoms with Crippen LogP contribution >= 0.6 is 11.3 Å². The number of nitrogens with one attached hydrogen (secondary N) is 1. The van der Waals surface area contributed by atoms with Gasteiger partial charge >= 0.3 is 0 Å². The molecule has 4 rings (SSSR count). The van der Waals surface area contributed by atoms with Gasteiger partial charge in [-0.25, -0.2) is 4.98 Å². The summed E-state index contributed by atoms with van der Waals surface area (Å²) < 4.78 is 1.25. The van der Waals surface area contributed by atoms with Gasteiger partial charge in [-0.3, -0.25) is 0 Å². The highest BCUT2D eigenvalue weighted by molar-refractivity contribution is 7.22. The van der Waals surface area contributed by atoms with Gasteiger partial charge in [0.1, 0.15) is 0 Å². The second kappa shape index (κ2) is 5.15. The van der Waals surface area contributed by atoms with E-state index < -0.39 is 0 Å². The fourth-order valence-electron chi connectivity index (χ4n) is 3.10. The van der Waals surface area contributed by atoms with Gasteiger partial charge in [0.05, 0.1) is 10.2 Å². The molecule has 1 aromatic heterocycles. The summed E-state index contributed by atoms with van der Waals surface area (Å²) in [4.78, 5) is 4.71. The maximum Gasteiger partial charge on any atom is 0.188 e. The first kappa shape index (κ1) is 12.8. The molecule has 1 aliphatic carbocycles. The van der Waals surface area contributed by atoms with Crippen molar-refractivity contribution in [1.82, 2.24) is 4.98 Å². The van der Waals surface area contributed by atoms with Crippen LogP contribution in [-0.4, -0.2) is 4.98 Å². The highest BCUT2D eigenvalue weighted by Crippen LogP contribution is 2.33. The van der Waals surface area contributed by atoms with E-state index in [1.165, 1.54) is 52.8 Å². The summed E-state index contributed by atoms with van der Waals surface area (Å²) in [6.45, 7) is 2.12. The smallest absolute Gasteiger partial charge is 0.188 e. The monoisotopic (exact) mass is 294 g/mol. The summed E-state index contributed by atoms with van der Waals surface area (Å²) in [6.07, 6.45) is 5.01. The molecule has 106 valence electrons. The summed E-state index contributed by atoms with van der Waals surface area (Å²) in [5.74, 6) is 0. The Kier molecular flexibility index (Phi) is 3.15. The lowest BCUT2D eigenvalue weighted by molar-refractivity contribution is 0.687. The number of hydrogen-bond donors (Lipinski definition) is 1. The minimum absolute atomic E-state index is 0.995. The molecular weight excluding hydrogens is 276 g/mol. The second-order valence-corrected chi connectivity index (χ2v) is 6.80. The number of rotatable bonds is 2. The Morgan fingerprint density at radius 3 is 2.95 bits per heavy atom. The molecule has 0 unspecified atom stereocenters. The van der Waals surface area contributed by atoms with E-state index in [1.807, 2.05) is 0 Å². The molecule has 0 saturated heterocycles. The van der Waals surface area contributed by atoms with E-state index in [1.54, 1.807) is 11.3 Å². The normalized spacial score (nSPS) is 14.1. The number of benzene rings is 2. The molecule has 2 nitrogen and oxygen atoms in total. The van der Waals surface area contributed by atoms with Crippen LogP contribution in [0.4, 0.5) is 10.8 Å². The summed E-state index contributed by atoms with van der Waals surface area (Å²) in [5, 5.41) is 4.54. The van der Waals surface area contributed by atoms with E-state index in [0.717, 1.165) is 10.6 Å². The fraction of sp³-hybridized carbons (Fsp3) is 0.278. The molecule has 3 heteroatoms. The van der Waals surface area contributed by atoms with Crippen LogP contribution < -0.4 is 5.32 Å². The largest absolute Gasteiger partial charge is 0.331 e. The topological polar surface area (TPSA) is 24.9 Å². The van der Waals surface area contributed by atoms with E-state index >= 15 is 0 Å². The molecule has 0 atom stereocenters. The van der Waals surface area contributed by atoms with Gasteiger partial charge in [0.15, 0.2) is 5.13 Å². The number of aromatic nitrogens is 1. The van der Waals surface area contributed by atoms with Crippen LogP contribution in [0.15, 0.2) is 36.4 Å². The Morgan fingerprint density at radius 1 is 1.10 bits per heavy atom. The van der Waals surface area contributed by atoms with Gasteiger partial charge < -0.3 is 5.32 Å². The van der Waals surface area contributed by atoms with Gasteiger partial charge in [-0.1, -0.05) is 29.5 Å². The lowest BCUT2D eigenvalue weighted by Gasteiger charge is -2.19. The van der Waals surface area contributed by atoms with Crippen molar-refractivity contribution in [3.8, 4) is 0 Å². The quantitative estimate of drug-likeness (QED) is 0.700. The van der Waals surface area contributed by atoms with Crippen LogP contribution in [0.3, 0.4) is 0 Å². The average Bonchev–Trinajstić information content (AvgIpc) is 2.89. The van der Waals surface area contributed by atoms with Gasteiger partial charge in [0.2, 0.25) is 0 Å². The Bertz CT molecular complexity index is 804. The standard InChI is InChI=1S/C18H18N2S/c1-12-9-10-16-17(11-12)21-18(20-16)19-15-8-4-6-13-5-2-3-7-14(13)15/h4,6,8-11H,2-3,5,7H2,1H3,(H,19,20). The first-order chi connectivity index (χ1) is 10.3. The SMILES string of the molecule is Cc1ccc2nc(Nc3cccc4c3CCCC4)sc2c1. The predicted molar refractivity (Wildman–Crippen MR) is 90.7 cm³/mol. The molecule has 0 bridgehead atoms. The molecule has 0 saturated carbocycles. The van der Waals surface area contributed by atoms with E-state index in [4.69, 9.17) is 4.98 Å². The highest BCUT2D eigenvalue weighted by Gasteiger charge is 2.14. The van der Waals surface area contributed by atoms with E-state index in [0.29, 0.717) is 0 Å². The van der Waals surface area contributed by atoms with Crippen molar-refractivity contribution in [1.29, 1.82) is 0 Å². The minimum atomic E-state index is 0.995. The Labute approximate surface area is 128 Å². The van der Waals surface area contributed by atoms with Gasteiger partial charge in [0.25, 0.3) is 0 Å². The van der Waals surface area contributed by atoms with Crippen LogP contribution in [0.25, 0.3) is 10.2 Å². The molecular formula is C18H18N2S. The molecule has 0 amide bonds.